The highest BCUT2D eigenvalue weighted by Gasteiger charge is 2.21. The van der Waals surface area contributed by atoms with Crippen molar-refractivity contribution in [1.29, 1.82) is 0 Å². The van der Waals surface area contributed by atoms with Crippen LogP contribution in [0.2, 0.25) is 5.02 Å². The van der Waals surface area contributed by atoms with Crippen LogP contribution in [0.25, 0.3) is 10.9 Å². The van der Waals surface area contributed by atoms with Gasteiger partial charge in [-0.25, -0.2) is 9.18 Å². The molecule has 35 heavy (non-hydrogen) atoms. The molecule has 2 heterocycles. The normalized spacial score (nSPS) is 13.1. The van der Waals surface area contributed by atoms with Gasteiger partial charge in [-0.05, 0) is 47.4 Å². The highest BCUT2D eigenvalue weighted by molar-refractivity contribution is 6.31. The third kappa shape index (κ3) is 4.51. The first-order valence-corrected chi connectivity index (χ1v) is 11.8. The molecule has 1 aliphatic rings. The first kappa shape index (κ1) is 23.1. The average molecular weight is 492 g/mol. The van der Waals surface area contributed by atoms with E-state index in [2.05, 4.69) is 6.07 Å². The van der Waals surface area contributed by atoms with Crippen LogP contribution in [0.4, 0.5) is 4.39 Å². The summed E-state index contributed by atoms with van der Waals surface area (Å²) in [5.41, 5.74) is 2.39. The van der Waals surface area contributed by atoms with Crippen molar-refractivity contribution >= 4 is 28.4 Å². The van der Waals surface area contributed by atoms with Crippen LogP contribution in [0.1, 0.15) is 23.1 Å². The standard InChI is InChI=1S/C27H23ClFN3O3/c28-23-15-21(29)10-9-20(23)17-32-24-8-4-3-7-22(24)26(34)31(27(32)35)14-12-25(33)30-13-11-18-5-1-2-6-19(18)16-30/h1-10,15H,11-14,16-17H2. The summed E-state index contributed by atoms with van der Waals surface area (Å²) in [6.45, 7) is 1.16. The van der Waals surface area contributed by atoms with Crippen molar-refractivity contribution in [3.63, 3.8) is 0 Å². The largest absolute Gasteiger partial charge is 0.338 e. The zero-order valence-electron chi connectivity index (χ0n) is 18.9. The molecule has 0 radical (unpaired) electrons. The SMILES string of the molecule is O=C(CCn1c(=O)c2ccccc2n(Cc2ccc(F)cc2Cl)c1=O)N1CCc2ccccc2C1. The van der Waals surface area contributed by atoms with Gasteiger partial charge in [0.1, 0.15) is 5.82 Å². The number of carbonyl (C=O) groups excluding carboxylic acids is 1. The lowest BCUT2D eigenvalue weighted by atomic mass is 10.00. The van der Waals surface area contributed by atoms with Crippen LogP contribution >= 0.6 is 11.6 Å². The van der Waals surface area contributed by atoms with Crippen molar-refractivity contribution in [3.05, 3.63) is 115 Å². The fourth-order valence-corrected chi connectivity index (χ4v) is 4.84. The number of hydrogen-bond acceptors (Lipinski definition) is 3. The Hall–Kier alpha value is -3.71. The number of rotatable bonds is 5. The molecule has 5 rings (SSSR count). The van der Waals surface area contributed by atoms with Gasteiger partial charge in [-0.1, -0.05) is 54.1 Å². The molecule has 4 aromatic rings. The molecule has 0 N–H and O–H groups in total. The van der Waals surface area contributed by atoms with E-state index in [4.69, 9.17) is 11.6 Å². The lowest BCUT2D eigenvalue weighted by Gasteiger charge is -2.29. The Balaban J connectivity index is 1.45. The highest BCUT2D eigenvalue weighted by atomic mass is 35.5. The van der Waals surface area contributed by atoms with E-state index in [0.717, 1.165) is 16.6 Å². The molecule has 8 heteroatoms. The van der Waals surface area contributed by atoms with Crippen molar-refractivity contribution in [3.8, 4) is 0 Å². The summed E-state index contributed by atoms with van der Waals surface area (Å²) in [5.74, 6) is -0.577. The van der Waals surface area contributed by atoms with Gasteiger partial charge in [-0.15, -0.1) is 0 Å². The Labute approximate surface area is 205 Å². The molecule has 178 valence electrons. The summed E-state index contributed by atoms with van der Waals surface area (Å²) in [5, 5.41) is 0.559. The maximum absolute atomic E-state index is 13.5. The van der Waals surface area contributed by atoms with Crippen LogP contribution in [0, 0.1) is 5.82 Å². The van der Waals surface area contributed by atoms with Crippen molar-refractivity contribution in [1.82, 2.24) is 14.0 Å². The van der Waals surface area contributed by atoms with Crippen LogP contribution in [-0.2, 0) is 30.8 Å². The topological polar surface area (TPSA) is 64.3 Å². The highest BCUT2D eigenvalue weighted by Crippen LogP contribution is 2.20. The predicted octanol–water partition coefficient (Wildman–Crippen LogP) is 3.98. The zero-order chi connectivity index (χ0) is 24.5. The summed E-state index contributed by atoms with van der Waals surface area (Å²) in [6.07, 6.45) is 0.816. The van der Waals surface area contributed by atoms with E-state index in [9.17, 15) is 18.8 Å². The Morgan fingerprint density at radius 2 is 1.69 bits per heavy atom. The minimum Gasteiger partial charge on any atom is -0.338 e. The van der Waals surface area contributed by atoms with Gasteiger partial charge < -0.3 is 4.90 Å². The molecule has 1 aromatic heterocycles. The van der Waals surface area contributed by atoms with Gasteiger partial charge in [0.15, 0.2) is 0 Å². The van der Waals surface area contributed by atoms with E-state index in [0.29, 0.717) is 29.6 Å². The minimum absolute atomic E-state index is 0.0311. The van der Waals surface area contributed by atoms with E-state index in [1.807, 2.05) is 18.2 Å². The fraction of sp³-hybridized carbons (Fsp3) is 0.222. The van der Waals surface area contributed by atoms with Gasteiger partial charge in [-0.2, -0.15) is 0 Å². The average Bonchev–Trinajstić information content (AvgIpc) is 2.87. The van der Waals surface area contributed by atoms with Crippen LogP contribution < -0.4 is 11.2 Å². The second-order valence-electron chi connectivity index (χ2n) is 8.66. The molecule has 1 amide bonds. The maximum atomic E-state index is 13.5. The van der Waals surface area contributed by atoms with E-state index in [1.54, 1.807) is 29.2 Å². The summed E-state index contributed by atoms with van der Waals surface area (Å²) >= 11 is 6.20. The zero-order valence-corrected chi connectivity index (χ0v) is 19.7. The molecular weight excluding hydrogens is 469 g/mol. The number of fused-ring (bicyclic) bond motifs is 2. The number of halogens is 2. The molecular formula is C27H23ClFN3O3. The maximum Gasteiger partial charge on any atom is 0.331 e. The molecule has 0 spiro atoms. The summed E-state index contributed by atoms with van der Waals surface area (Å²) in [4.78, 5) is 41.3. The number of benzene rings is 3. The van der Waals surface area contributed by atoms with Crippen molar-refractivity contribution in [2.24, 2.45) is 0 Å². The van der Waals surface area contributed by atoms with Gasteiger partial charge in [0, 0.05) is 31.1 Å². The van der Waals surface area contributed by atoms with Crippen molar-refractivity contribution in [2.75, 3.05) is 6.54 Å². The Kier molecular flexibility index (Phi) is 6.26. The van der Waals surface area contributed by atoms with Gasteiger partial charge >= 0.3 is 5.69 Å². The molecule has 0 saturated heterocycles. The second kappa shape index (κ2) is 9.50. The molecule has 6 nitrogen and oxygen atoms in total. The number of amides is 1. The summed E-state index contributed by atoms with van der Waals surface area (Å²) in [6, 6.07) is 18.8. The van der Waals surface area contributed by atoms with Gasteiger partial charge in [-0.3, -0.25) is 18.7 Å². The van der Waals surface area contributed by atoms with Crippen LogP contribution in [0.15, 0.2) is 76.3 Å². The smallest absolute Gasteiger partial charge is 0.331 e. The lowest BCUT2D eigenvalue weighted by Crippen LogP contribution is -2.42. The van der Waals surface area contributed by atoms with Gasteiger partial charge in [0.05, 0.1) is 17.4 Å². The summed E-state index contributed by atoms with van der Waals surface area (Å²) < 4.78 is 16.1. The quantitative estimate of drug-likeness (QED) is 0.424. The first-order valence-electron chi connectivity index (χ1n) is 11.4. The number of aromatic nitrogens is 2. The second-order valence-corrected chi connectivity index (χ2v) is 9.07. The van der Waals surface area contributed by atoms with Crippen molar-refractivity contribution in [2.45, 2.75) is 32.5 Å². The first-order chi connectivity index (χ1) is 16.9. The summed E-state index contributed by atoms with van der Waals surface area (Å²) in [7, 11) is 0. The number of nitrogens with zero attached hydrogens (tertiary/aromatic N) is 3. The van der Waals surface area contributed by atoms with Crippen LogP contribution in [-0.4, -0.2) is 26.5 Å². The van der Waals surface area contributed by atoms with E-state index in [-0.39, 0.29) is 30.4 Å². The minimum atomic E-state index is -0.536. The van der Waals surface area contributed by atoms with E-state index in [1.165, 1.54) is 28.3 Å². The van der Waals surface area contributed by atoms with Crippen LogP contribution in [0.5, 0.6) is 0 Å². The van der Waals surface area contributed by atoms with E-state index < -0.39 is 17.1 Å². The number of carbonyl (C=O) groups is 1. The van der Waals surface area contributed by atoms with Gasteiger partial charge in [0.25, 0.3) is 5.56 Å². The molecule has 0 saturated carbocycles. The fourth-order valence-electron chi connectivity index (χ4n) is 4.62. The molecule has 1 aliphatic heterocycles. The molecule has 0 aliphatic carbocycles. The Morgan fingerprint density at radius 3 is 2.49 bits per heavy atom. The van der Waals surface area contributed by atoms with Crippen LogP contribution in [0.3, 0.4) is 0 Å². The van der Waals surface area contributed by atoms with Gasteiger partial charge in [0.2, 0.25) is 5.91 Å². The predicted molar refractivity (Wildman–Crippen MR) is 133 cm³/mol. The number of para-hydroxylation sites is 1. The molecule has 3 aromatic carbocycles. The molecule has 0 unspecified atom stereocenters. The molecule has 0 atom stereocenters. The number of hydrogen-bond donors (Lipinski definition) is 0. The lowest BCUT2D eigenvalue weighted by molar-refractivity contribution is -0.132. The molecule has 0 fully saturated rings. The third-order valence-electron chi connectivity index (χ3n) is 6.51. The monoisotopic (exact) mass is 491 g/mol. The Bertz CT molecular complexity index is 1560. The van der Waals surface area contributed by atoms with E-state index >= 15 is 0 Å². The third-order valence-corrected chi connectivity index (χ3v) is 6.86. The van der Waals surface area contributed by atoms with Crippen molar-refractivity contribution < 1.29 is 9.18 Å². The Morgan fingerprint density at radius 1 is 0.943 bits per heavy atom. The molecule has 0 bridgehead atoms.